The molecule has 0 saturated heterocycles. The second-order valence-corrected chi connectivity index (χ2v) is 6.66. The maximum absolute atomic E-state index is 11.4. The zero-order chi connectivity index (χ0) is 23.6. The van der Waals surface area contributed by atoms with Crippen LogP contribution in [0, 0.1) is 20.2 Å². The molecule has 0 aliphatic rings. The van der Waals surface area contributed by atoms with Gasteiger partial charge >= 0.3 is 0 Å². The molecular formula is C17H17N9O6. The molecule has 15 heteroatoms. The van der Waals surface area contributed by atoms with Crippen LogP contribution in [0.2, 0.25) is 0 Å². The van der Waals surface area contributed by atoms with E-state index in [9.17, 15) is 30.4 Å². The first-order valence-electron chi connectivity index (χ1n) is 8.75. The topological polar surface area (TPSA) is 258 Å². The van der Waals surface area contributed by atoms with Crippen LogP contribution in [0.5, 0.6) is 0 Å². The average Bonchev–Trinajstić information content (AvgIpc) is 3.08. The normalized spacial score (nSPS) is 13.2. The first kappa shape index (κ1) is 22.1. The highest BCUT2D eigenvalue weighted by Crippen LogP contribution is 2.37. The Kier molecular flexibility index (Phi) is 5.69. The van der Waals surface area contributed by atoms with Crippen molar-refractivity contribution >= 4 is 40.1 Å². The molecule has 3 aromatic rings. The number of hydrogen-bond donors (Lipinski definition) is 6. The summed E-state index contributed by atoms with van der Waals surface area (Å²) in [5, 5.41) is 57.4. The second-order valence-electron chi connectivity index (χ2n) is 6.66. The Hall–Kier alpha value is -4.63. The minimum absolute atomic E-state index is 0.00179. The highest BCUT2D eigenvalue weighted by molar-refractivity contribution is 5.70. The number of aromatic amines is 1. The average molecular weight is 443 g/mol. The number of rotatable bonds is 7. The van der Waals surface area contributed by atoms with Crippen LogP contribution in [0.1, 0.15) is 11.1 Å². The van der Waals surface area contributed by atoms with Crippen LogP contribution in [0.25, 0.3) is 0 Å². The van der Waals surface area contributed by atoms with Gasteiger partial charge in [0.1, 0.15) is 11.4 Å². The fraction of sp³-hybridized carbons (Fsp3) is 0.118. The van der Waals surface area contributed by atoms with E-state index in [-0.39, 0.29) is 39.8 Å². The third-order valence-electron chi connectivity index (χ3n) is 4.51. The zero-order valence-electron chi connectivity index (χ0n) is 16.2. The van der Waals surface area contributed by atoms with Crippen LogP contribution in [-0.4, -0.2) is 36.9 Å². The Morgan fingerprint density at radius 3 is 2.09 bits per heavy atom. The van der Waals surface area contributed by atoms with Gasteiger partial charge in [0.25, 0.3) is 11.4 Å². The molecule has 1 aromatic heterocycles. The lowest BCUT2D eigenvalue weighted by Gasteiger charge is -2.27. The molecule has 32 heavy (non-hydrogen) atoms. The Bertz CT molecular complexity index is 1220. The molecule has 9 N–H and O–H groups in total. The SMILES string of the molecule is Nc1cc([N+](=O)[O-])cc(C(O)(CO)c2cc(N=Nc3c(N)n[nH]c3N)cc([N+](=O)[O-])c2)c1. The van der Waals surface area contributed by atoms with Crippen LogP contribution in [-0.2, 0) is 5.60 Å². The molecule has 3 rings (SSSR count). The number of aliphatic hydroxyl groups is 2. The first-order chi connectivity index (χ1) is 15.0. The van der Waals surface area contributed by atoms with Gasteiger partial charge in [0.15, 0.2) is 11.5 Å². The van der Waals surface area contributed by atoms with Crippen molar-refractivity contribution in [1.82, 2.24) is 10.2 Å². The third-order valence-corrected chi connectivity index (χ3v) is 4.51. The molecule has 0 radical (unpaired) electrons. The van der Waals surface area contributed by atoms with Crippen molar-refractivity contribution < 1.29 is 20.1 Å². The maximum Gasteiger partial charge on any atom is 0.272 e. The van der Waals surface area contributed by atoms with Crippen molar-refractivity contribution in [3.63, 3.8) is 0 Å². The fourth-order valence-electron chi connectivity index (χ4n) is 2.90. The van der Waals surface area contributed by atoms with Crippen LogP contribution in [0.4, 0.5) is 40.1 Å². The lowest BCUT2D eigenvalue weighted by atomic mass is 9.86. The summed E-state index contributed by atoms with van der Waals surface area (Å²) in [6.07, 6.45) is 0. The number of nitrogens with zero attached hydrogens (tertiary/aromatic N) is 5. The molecule has 1 atom stereocenters. The number of nitrogen functional groups attached to an aromatic ring is 3. The Morgan fingerprint density at radius 2 is 1.56 bits per heavy atom. The van der Waals surface area contributed by atoms with Gasteiger partial charge in [-0.3, -0.25) is 25.3 Å². The van der Waals surface area contributed by atoms with Crippen molar-refractivity contribution in [1.29, 1.82) is 0 Å². The monoisotopic (exact) mass is 443 g/mol. The summed E-state index contributed by atoms with van der Waals surface area (Å²) in [6, 6.07) is 6.52. The summed E-state index contributed by atoms with van der Waals surface area (Å²) in [7, 11) is 0. The van der Waals surface area contributed by atoms with Gasteiger partial charge < -0.3 is 27.4 Å². The number of nitro groups is 2. The van der Waals surface area contributed by atoms with E-state index in [0.29, 0.717) is 0 Å². The zero-order valence-corrected chi connectivity index (χ0v) is 16.2. The maximum atomic E-state index is 11.4. The van der Waals surface area contributed by atoms with Crippen LogP contribution in [0.15, 0.2) is 46.6 Å². The lowest BCUT2D eigenvalue weighted by molar-refractivity contribution is -0.384. The molecule has 0 saturated carbocycles. The number of hydrogen-bond acceptors (Lipinski definition) is 12. The van der Waals surface area contributed by atoms with E-state index in [4.69, 9.17) is 17.2 Å². The van der Waals surface area contributed by atoms with Gasteiger partial charge in [0.2, 0.25) is 0 Å². The van der Waals surface area contributed by atoms with E-state index in [1.54, 1.807) is 0 Å². The number of nitrogens with two attached hydrogens (primary N) is 3. The van der Waals surface area contributed by atoms with Crippen molar-refractivity contribution in [3.8, 4) is 0 Å². The van der Waals surface area contributed by atoms with E-state index >= 15 is 0 Å². The van der Waals surface area contributed by atoms with Gasteiger partial charge in [-0.1, -0.05) is 0 Å². The Balaban J connectivity index is 2.17. The van der Waals surface area contributed by atoms with Crippen molar-refractivity contribution in [2.75, 3.05) is 23.8 Å². The van der Waals surface area contributed by atoms with Gasteiger partial charge in [0, 0.05) is 30.0 Å². The molecule has 166 valence electrons. The predicted molar refractivity (Wildman–Crippen MR) is 112 cm³/mol. The summed E-state index contributed by atoms with van der Waals surface area (Å²) in [6.45, 7) is -0.979. The molecule has 2 aromatic carbocycles. The van der Waals surface area contributed by atoms with E-state index in [0.717, 1.165) is 24.3 Å². The lowest BCUT2D eigenvalue weighted by Crippen LogP contribution is -2.32. The molecule has 0 aliphatic heterocycles. The second kappa shape index (κ2) is 8.25. The van der Waals surface area contributed by atoms with E-state index < -0.39 is 33.4 Å². The summed E-state index contributed by atoms with van der Waals surface area (Å²) >= 11 is 0. The predicted octanol–water partition coefficient (Wildman–Crippen LogP) is 1.62. The van der Waals surface area contributed by atoms with Gasteiger partial charge in [-0.25, -0.2) is 0 Å². The van der Waals surface area contributed by atoms with E-state index in [1.165, 1.54) is 12.1 Å². The number of H-pyrrole nitrogens is 1. The number of anilines is 3. The number of aromatic nitrogens is 2. The molecule has 1 unspecified atom stereocenters. The van der Waals surface area contributed by atoms with Gasteiger partial charge in [-0.15, -0.1) is 5.11 Å². The molecule has 0 spiro atoms. The molecule has 0 aliphatic carbocycles. The number of nitrogens with one attached hydrogen (secondary N) is 1. The first-order valence-corrected chi connectivity index (χ1v) is 8.75. The molecule has 0 amide bonds. The number of nitro benzene ring substituents is 2. The molecule has 1 heterocycles. The summed E-state index contributed by atoms with van der Waals surface area (Å²) in [5.41, 5.74) is 13.2. The van der Waals surface area contributed by atoms with Crippen molar-refractivity contribution in [2.24, 2.45) is 10.2 Å². The van der Waals surface area contributed by atoms with Gasteiger partial charge in [0.05, 0.1) is 22.1 Å². The minimum atomic E-state index is -2.29. The number of benzene rings is 2. The van der Waals surface area contributed by atoms with Crippen LogP contribution in [0.3, 0.4) is 0 Å². The highest BCUT2D eigenvalue weighted by Gasteiger charge is 2.34. The Labute approximate surface area is 178 Å². The summed E-state index contributed by atoms with van der Waals surface area (Å²) in [5.74, 6) is -0.0494. The largest absolute Gasteiger partial charge is 0.399 e. The van der Waals surface area contributed by atoms with Crippen molar-refractivity contribution in [3.05, 3.63) is 67.8 Å². The number of aliphatic hydroxyl groups excluding tert-OH is 1. The number of non-ortho nitro benzene ring substituents is 2. The summed E-state index contributed by atoms with van der Waals surface area (Å²) in [4.78, 5) is 21.1. The molecule has 15 nitrogen and oxygen atoms in total. The van der Waals surface area contributed by atoms with Crippen molar-refractivity contribution in [2.45, 2.75) is 5.60 Å². The third kappa shape index (κ3) is 4.13. The van der Waals surface area contributed by atoms with Crippen LogP contribution < -0.4 is 17.2 Å². The number of azo groups is 1. The fourth-order valence-corrected chi connectivity index (χ4v) is 2.90. The van der Waals surface area contributed by atoms with E-state index in [1.807, 2.05) is 0 Å². The quantitative estimate of drug-likeness (QED) is 0.133. The summed E-state index contributed by atoms with van der Waals surface area (Å²) < 4.78 is 0. The molecule has 0 fully saturated rings. The highest BCUT2D eigenvalue weighted by atomic mass is 16.6. The minimum Gasteiger partial charge on any atom is -0.399 e. The standard InChI is InChI=1S/C17H17N9O6/c18-10-1-8(3-12(5-10)25(29)30)17(28,7-27)9-2-11(6-13(4-9)26(31)32)21-22-14-15(19)23-24-16(14)20/h1-6,27-28H,7,18H2,(H5,19,20,23,24). The van der Waals surface area contributed by atoms with Gasteiger partial charge in [-0.2, -0.15) is 10.2 Å². The Morgan fingerprint density at radius 1 is 0.969 bits per heavy atom. The van der Waals surface area contributed by atoms with E-state index in [2.05, 4.69) is 20.4 Å². The molecule has 0 bridgehead atoms. The van der Waals surface area contributed by atoms with Gasteiger partial charge in [-0.05, 0) is 23.3 Å². The van der Waals surface area contributed by atoms with Crippen LogP contribution >= 0.6 is 0 Å². The molecular weight excluding hydrogens is 426 g/mol. The smallest absolute Gasteiger partial charge is 0.272 e.